The second-order valence-electron chi connectivity index (χ2n) is 3.97. The normalized spacial score (nSPS) is 26.1. The predicted molar refractivity (Wildman–Crippen MR) is 67.4 cm³/mol. The highest BCUT2D eigenvalue weighted by atomic mass is 79.9. The first-order valence-corrected chi connectivity index (χ1v) is 6.87. The van der Waals surface area contributed by atoms with E-state index in [9.17, 15) is 0 Å². The van der Waals surface area contributed by atoms with Gasteiger partial charge in [0.25, 0.3) is 0 Å². The van der Waals surface area contributed by atoms with Gasteiger partial charge in [0.05, 0.1) is 6.10 Å². The van der Waals surface area contributed by atoms with Crippen LogP contribution in [0, 0.1) is 6.92 Å². The van der Waals surface area contributed by atoms with Crippen LogP contribution < -0.4 is 5.32 Å². The van der Waals surface area contributed by atoms with E-state index >= 15 is 0 Å². The SMILES string of the molecule is Cc1sc(CNC2CCOC2C)cc1Br. The summed E-state index contributed by atoms with van der Waals surface area (Å²) in [5.74, 6) is 0. The highest BCUT2D eigenvalue weighted by Crippen LogP contribution is 2.26. The molecular weight excluding hydrogens is 274 g/mol. The number of rotatable bonds is 3. The fourth-order valence-electron chi connectivity index (χ4n) is 1.84. The molecular formula is C11H16BrNOS. The first kappa shape index (κ1) is 11.6. The Balaban J connectivity index is 1.87. The quantitative estimate of drug-likeness (QED) is 0.923. The maximum atomic E-state index is 5.51. The lowest BCUT2D eigenvalue weighted by atomic mass is 10.1. The average molecular weight is 290 g/mol. The van der Waals surface area contributed by atoms with Crippen LogP contribution in [-0.2, 0) is 11.3 Å². The Hall–Kier alpha value is 0.100. The third-order valence-electron chi connectivity index (χ3n) is 2.82. The second kappa shape index (κ2) is 4.95. The summed E-state index contributed by atoms with van der Waals surface area (Å²) in [6.07, 6.45) is 1.49. The highest BCUT2D eigenvalue weighted by molar-refractivity contribution is 9.10. The number of hydrogen-bond donors (Lipinski definition) is 1. The molecule has 15 heavy (non-hydrogen) atoms. The van der Waals surface area contributed by atoms with Crippen LogP contribution in [0.25, 0.3) is 0 Å². The summed E-state index contributed by atoms with van der Waals surface area (Å²) in [6, 6.07) is 2.72. The molecule has 0 bridgehead atoms. The van der Waals surface area contributed by atoms with Gasteiger partial charge < -0.3 is 10.1 Å². The summed E-state index contributed by atoms with van der Waals surface area (Å²) < 4.78 is 6.74. The molecule has 0 spiro atoms. The minimum atomic E-state index is 0.356. The minimum Gasteiger partial charge on any atom is -0.377 e. The van der Waals surface area contributed by atoms with Crippen LogP contribution in [0.3, 0.4) is 0 Å². The van der Waals surface area contributed by atoms with E-state index in [4.69, 9.17) is 4.74 Å². The topological polar surface area (TPSA) is 21.3 Å². The largest absolute Gasteiger partial charge is 0.377 e. The zero-order valence-corrected chi connectivity index (χ0v) is 11.5. The highest BCUT2D eigenvalue weighted by Gasteiger charge is 2.23. The van der Waals surface area contributed by atoms with Gasteiger partial charge in [-0.25, -0.2) is 0 Å². The molecule has 0 saturated carbocycles. The van der Waals surface area contributed by atoms with Gasteiger partial charge in [-0.3, -0.25) is 0 Å². The van der Waals surface area contributed by atoms with Gasteiger partial charge in [0.2, 0.25) is 0 Å². The first-order valence-electron chi connectivity index (χ1n) is 5.26. The van der Waals surface area contributed by atoms with Crippen LogP contribution in [0.2, 0.25) is 0 Å². The lowest BCUT2D eigenvalue weighted by molar-refractivity contribution is 0.113. The monoisotopic (exact) mass is 289 g/mol. The molecule has 1 aromatic heterocycles. The average Bonchev–Trinajstić information content (AvgIpc) is 2.72. The van der Waals surface area contributed by atoms with Crippen molar-refractivity contribution in [3.63, 3.8) is 0 Å². The minimum absolute atomic E-state index is 0.356. The Bertz CT molecular complexity index is 320. The van der Waals surface area contributed by atoms with E-state index in [2.05, 4.69) is 41.2 Å². The van der Waals surface area contributed by atoms with Crippen molar-refractivity contribution < 1.29 is 4.74 Å². The molecule has 1 saturated heterocycles. The van der Waals surface area contributed by atoms with Crippen molar-refractivity contribution in [1.29, 1.82) is 0 Å². The van der Waals surface area contributed by atoms with E-state index in [1.165, 1.54) is 14.2 Å². The number of nitrogens with one attached hydrogen (secondary N) is 1. The molecule has 2 atom stereocenters. The van der Waals surface area contributed by atoms with Crippen LogP contribution >= 0.6 is 27.3 Å². The van der Waals surface area contributed by atoms with Crippen molar-refractivity contribution in [1.82, 2.24) is 5.32 Å². The smallest absolute Gasteiger partial charge is 0.0700 e. The van der Waals surface area contributed by atoms with Crippen molar-refractivity contribution >= 4 is 27.3 Å². The summed E-state index contributed by atoms with van der Waals surface area (Å²) in [5, 5.41) is 3.55. The van der Waals surface area contributed by atoms with Crippen molar-refractivity contribution in [3.05, 3.63) is 20.3 Å². The molecule has 2 rings (SSSR count). The molecule has 0 aliphatic carbocycles. The third-order valence-corrected chi connectivity index (χ3v) is 4.96. The fourth-order valence-corrected chi connectivity index (χ4v) is 3.39. The van der Waals surface area contributed by atoms with E-state index in [0.29, 0.717) is 12.1 Å². The molecule has 0 radical (unpaired) electrons. The molecule has 1 fully saturated rings. The molecule has 2 heterocycles. The Labute approximate surface area is 103 Å². The van der Waals surface area contributed by atoms with Crippen molar-refractivity contribution in [2.75, 3.05) is 6.61 Å². The zero-order chi connectivity index (χ0) is 10.8. The maximum Gasteiger partial charge on any atom is 0.0700 e. The van der Waals surface area contributed by atoms with Gasteiger partial charge in [0.15, 0.2) is 0 Å². The van der Waals surface area contributed by atoms with Gasteiger partial charge >= 0.3 is 0 Å². The summed E-state index contributed by atoms with van der Waals surface area (Å²) in [4.78, 5) is 2.74. The van der Waals surface area contributed by atoms with E-state index in [1.54, 1.807) is 0 Å². The molecule has 1 N–H and O–H groups in total. The first-order chi connectivity index (χ1) is 7.16. The van der Waals surface area contributed by atoms with Crippen molar-refractivity contribution in [2.45, 2.75) is 39.0 Å². The number of hydrogen-bond acceptors (Lipinski definition) is 3. The lowest BCUT2D eigenvalue weighted by Gasteiger charge is -2.14. The molecule has 1 aromatic rings. The molecule has 2 unspecified atom stereocenters. The molecule has 0 aromatic carbocycles. The van der Waals surface area contributed by atoms with Crippen LogP contribution in [0.15, 0.2) is 10.5 Å². The van der Waals surface area contributed by atoms with E-state index in [-0.39, 0.29) is 0 Å². The summed E-state index contributed by atoms with van der Waals surface area (Å²) in [6.45, 7) is 6.13. The number of halogens is 1. The predicted octanol–water partition coefficient (Wildman–Crippen LogP) is 3.09. The van der Waals surface area contributed by atoms with E-state index in [0.717, 1.165) is 19.6 Å². The molecule has 2 nitrogen and oxygen atoms in total. The van der Waals surface area contributed by atoms with Crippen molar-refractivity contribution in [2.24, 2.45) is 0 Å². The van der Waals surface area contributed by atoms with Crippen LogP contribution in [0.4, 0.5) is 0 Å². The second-order valence-corrected chi connectivity index (χ2v) is 6.16. The fraction of sp³-hybridized carbons (Fsp3) is 0.636. The van der Waals surface area contributed by atoms with E-state index < -0.39 is 0 Å². The van der Waals surface area contributed by atoms with Gasteiger partial charge in [-0.15, -0.1) is 11.3 Å². The molecule has 1 aliphatic heterocycles. The molecule has 4 heteroatoms. The summed E-state index contributed by atoms with van der Waals surface area (Å²) in [5.41, 5.74) is 0. The van der Waals surface area contributed by atoms with Crippen LogP contribution in [0.5, 0.6) is 0 Å². The number of thiophene rings is 1. The van der Waals surface area contributed by atoms with Gasteiger partial charge in [-0.05, 0) is 42.3 Å². The Kier molecular flexibility index (Phi) is 3.83. The van der Waals surface area contributed by atoms with Crippen LogP contribution in [-0.4, -0.2) is 18.8 Å². The molecule has 0 amide bonds. The summed E-state index contributed by atoms with van der Waals surface area (Å²) >= 11 is 5.39. The maximum absolute atomic E-state index is 5.51. The number of ether oxygens (including phenoxy) is 1. The standard InChI is InChI=1S/C11H16BrNOS/c1-7-11(3-4-14-7)13-6-9-5-10(12)8(2)15-9/h5,7,11,13H,3-4,6H2,1-2H3. The third kappa shape index (κ3) is 2.81. The van der Waals surface area contributed by atoms with Crippen molar-refractivity contribution in [3.8, 4) is 0 Å². The van der Waals surface area contributed by atoms with Gasteiger partial charge in [-0.2, -0.15) is 0 Å². The van der Waals surface area contributed by atoms with Gasteiger partial charge in [-0.1, -0.05) is 0 Å². The molecule has 84 valence electrons. The lowest BCUT2D eigenvalue weighted by Crippen LogP contribution is -2.33. The van der Waals surface area contributed by atoms with Gasteiger partial charge in [0, 0.05) is 33.4 Å². The summed E-state index contributed by atoms with van der Waals surface area (Å²) in [7, 11) is 0. The Morgan fingerprint density at radius 3 is 3.00 bits per heavy atom. The van der Waals surface area contributed by atoms with Crippen LogP contribution in [0.1, 0.15) is 23.1 Å². The Morgan fingerprint density at radius 1 is 1.67 bits per heavy atom. The zero-order valence-electron chi connectivity index (χ0n) is 9.05. The van der Waals surface area contributed by atoms with Gasteiger partial charge in [0.1, 0.15) is 0 Å². The van der Waals surface area contributed by atoms with E-state index in [1.807, 2.05) is 11.3 Å². The number of aryl methyl sites for hydroxylation is 1. The Morgan fingerprint density at radius 2 is 2.47 bits per heavy atom. The molecule has 1 aliphatic rings.